The zero-order valence-corrected chi connectivity index (χ0v) is 11.3. The highest BCUT2D eigenvalue weighted by atomic mass is 14.6. The molecule has 0 aliphatic rings. The van der Waals surface area contributed by atoms with Crippen LogP contribution in [-0.4, -0.2) is 4.98 Å². The molecule has 1 nitrogen and oxygen atoms in total. The highest BCUT2D eigenvalue weighted by Gasteiger charge is 1.98. The third-order valence-electron chi connectivity index (χ3n) is 2.19. The Morgan fingerprint density at radius 3 is 1.94 bits per heavy atom. The predicted octanol–water partition coefficient (Wildman–Crippen LogP) is 4.90. The van der Waals surface area contributed by atoms with Crippen LogP contribution in [0.4, 0.5) is 0 Å². The van der Waals surface area contributed by atoms with Crippen molar-refractivity contribution in [2.75, 3.05) is 0 Å². The number of aryl methyl sites for hydroxylation is 2. The predicted molar refractivity (Wildman–Crippen MR) is 73.9 cm³/mol. The van der Waals surface area contributed by atoms with E-state index in [0.29, 0.717) is 0 Å². The van der Waals surface area contributed by atoms with Crippen LogP contribution in [0, 0.1) is 13.8 Å². The highest BCUT2D eigenvalue weighted by molar-refractivity contribution is 5.84. The third kappa shape index (κ3) is 3.34. The van der Waals surface area contributed by atoms with E-state index in [-0.39, 0.29) is 0 Å². The Bertz CT molecular complexity index is 378. The maximum atomic E-state index is 4.34. The number of aromatic nitrogens is 1. The average molecular weight is 217 g/mol. The number of pyridine rings is 1. The molecule has 1 aromatic heterocycles. The van der Waals surface area contributed by atoms with E-state index < -0.39 is 0 Å². The number of benzene rings is 1. The van der Waals surface area contributed by atoms with Crippen molar-refractivity contribution in [1.82, 2.24) is 4.98 Å². The fourth-order valence-electron chi connectivity index (χ4n) is 1.46. The topological polar surface area (TPSA) is 12.9 Å². The summed E-state index contributed by atoms with van der Waals surface area (Å²) in [5, 5.41) is 1.26. The summed E-state index contributed by atoms with van der Waals surface area (Å²) >= 11 is 0. The SMILES string of the molecule is CC.CC.Cc1ccc(C)c2ncccc12. The Balaban J connectivity index is 0.000000509. The molecule has 0 fully saturated rings. The molecule has 0 bridgehead atoms. The van der Waals surface area contributed by atoms with Crippen molar-refractivity contribution < 1.29 is 0 Å². The first kappa shape index (κ1) is 14.6. The minimum absolute atomic E-state index is 1.12. The Morgan fingerprint density at radius 1 is 0.812 bits per heavy atom. The molecule has 2 rings (SSSR count). The van der Waals surface area contributed by atoms with Crippen LogP contribution in [0.15, 0.2) is 30.5 Å². The lowest BCUT2D eigenvalue weighted by Gasteiger charge is -2.02. The van der Waals surface area contributed by atoms with E-state index >= 15 is 0 Å². The van der Waals surface area contributed by atoms with Gasteiger partial charge in [0.25, 0.3) is 0 Å². The summed E-state index contributed by atoms with van der Waals surface area (Å²) in [5.41, 5.74) is 3.66. The zero-order valence-electron chi connectivity index (χ0n) is 11.3. The molecule has 0 N–H and O–H groups in total. The van der Waals surface area contributed by atoms with Crippen LogP contribution < -0.4 is 0 Å². The largest absolute Gasteiger partial charge is 0.256 e. The second-order valence-electron chi connectivity index (χ2n) is 3.10. The van der Waals surface area contributed by atoms with Gasteiger partial charge in [-0.2, -0.15) is 0 Å². The molecule has 1 heteroatoms. The summed E-state index contributed by atoms with van der Waals surface area (Å²) in [4.78, 5) is 4.34. The van der Waals surface area contributed by atoms with Crippen molar-refractivity contribution >= 4 is 10.9 Å². The lowest BCUT2D eigenvalue weighted by atomic mass is 10.1. The number of nitrogens with zero attached hydrogens (tertiary/aromatic N) is 1. The summed E-state index contributed by atoms with van der Waals surface area (Å²) in [6.07, 6.45) is 1.84. The van der Waals surface area contributed by atoms with E-state index in [1.165, 1.54) is 16.5 Å². The number of fused-ring (bicyclic) bond motifs is 1. The van der Waals surface area contributed by atoms with Crippen molar-refractivity contribution in [2.45, 2.75) is 41.5 Å². The van der Waals surface area contributed by atoms with Gasteiger partial charge < -0.3 is 0 Å². The molecule has 0 amide bonds. The van der Waals surface area contributed by atoms with Gasteiger partial charge in [-0.25, -0.2) is 0 Å². The highest BCUT2D eigenvalue weighted by Crippen LogP contribution is 2.18. The van der Waals surface area contributed by atoms with Crippen LogP contribution in [0.2, 0.25) is 0 Å². The maximum Gasteiger partial charge on any atom is 0.0733 e. The quantitative estimate of drug-likeness (QED) is 0.611. The van der Waals surface area contributed by atoms with Crippen molar-refractivity contribution in [2.24, 2.45) is 0 Å². The van der Waals surface area contributed by atoms with Gasteiger partial charge in [0.05, 0.1) is 5.52 Å². The van der Waals surface area contributed by atoms with Gasteiger partial charge in [-0.1, -0.05) is 45.9 Å². The van der Waals surface area contributed by atoms with E-state index in [4.69, 9.17) is 0 Å². The lowest BCUT2D eigenvalue weighted by molar-refractivity contribution is 1.35. The van der Waals surface area contributed by atoms with Gasteiger partial charge in [0.1, 0.15) is 0 Å². The summed E-state index contributed by atoms with van der Waals surface area (Å²) in [7, 11) is 0. The summed E-state index contributed by atoms with van der Waals surface area (Å²) < 4.78 is 0. The molecule has 0 saturated heterocycles. The van der Waals surface area contributed by atoms with Crippen LogP contribution in [0.5, 0.6) is 0 Å². The van der Waals surface area contributed by atoms with Crippen molar-refractivity contribution in [3.05, 3.63) is 41.6 Å². The van der Waals surface area contributed by atoms with E-state index in [2.05, 4.69) is 37.0 Å². The lowest BCUT2D eigenvalue weighted by Crippen LogP contribution is -1.84. The van der Waals surface area contributed by atoms with Crippen molar-refractivity contribution in [3.8, 4) is 0 Å². The van der Waals surface area contributed by atoms with Crippen LogP contribution in [-0.2, 0) is 0 Å². The van der Waals surface area contributed by atoms with Crippen LogP contribution in [0.25, 0.3) is 10.9 Å². The molecule has 1 aromatic carbocycles. The van der Waals surface area contributed by atoms with Gasteiger partial charge >= 0.3 is 0 Å². The van der Waals surface area contributed by atoms with Gasteiger partial charge in [0.2, 0.25) is 0 Å². The summed E-state index contributed by atoms with van der Waals surface area (Å²) in [5.74, 6) is 0. The summed E-state index contributed by atoms with van der Waals surface area (Å²) in [6, 6.07) is 8.35. The van der Waals surface area contributed by atoms with Crippen LogP contribution in [0.1, 0.15) is 38.8 Å². The molecule has 0 radical (unpaired) electrons. The Morgan fingerprint density at radius 2 is 1.38 bits per heavy atom. The molecular formula is C15H23N. The molecule has 0 spiro atoms. The number of rotatable bonds is 0. The Kier molecular flexibility index (Phi) is 7.19. The van der Waals surface area contributed by atoms with Gasteiger partial charge in [-0.05, 0) is 31.0 Å². The van der Waals surface area contributed by atoms with Gasteiger partial charge in [0.15, 0.2) is 0 Å². The molecule has 0 unspecified atom stereocenters. The van der Waals surface area contributed by atoms with E-state index in [0.717, 1.165) is 5.52 Å². The van der Waals surface area contributed by atoms with Crippen LogP contribution >= 0.6 is 0 Å². The zero-order chi connectivity index (χ0) is 12.6. The molecule has 1 heterocycles. The van der Waals surface area contributed by atoms with Gasteiger partial charge in [-0.15, -0.1) is 0 Å². The smallest absolute Gasteiger partial charge is 0.0733 e. The standard InChI is InChI=1S/C11H11N.2C2H6/c1-8-5-6-9(2)11-10(8)4-3-7-12-11;2*1-2/h3-7H,1-2H3;2*1-2H3. The first-order valence-electron chi connectivity index (χ1n) is 6.10. The number of hydrogen-bond acceptors (Lipinski definition) is 1. The van der Waals surface area contributed by atoms with Crippen molar-refractivity contribution in [1.29, 1.82) is 0 Å². The molecular weight excluding hydrogens is 194 g/mol. The Labute approximate surface area is 99.5 Å². The van der Waals surface area contributed by atoms with E-state index in [1.54, 1.807) is 0 Å². The molecule has 0 aliphatic heterocycles. The fourth-order valence-corrected chi connectivity index (χ4v) is 1.46. The average Bonchev–Trinajstić information content (AvgIpc) is 2.39. The minimum Gasteiger partial charge on any atom is -0.256 e. The fraction of sp³-hybridized carbons (Fsp3) is 0.400. The van der Waals surface area contributed by atoms with E-state index in [9.17, 15) is 0 Å². The van der Waals surface area contributed by atoms with Gasteiger partial charge in [-0.3, -0.25) is 4.98 Å². The van der Waals surface area contributed by atoms with E-state index in [1.807, 2.05) is 40.0 Å². The normalized spacial score (nSPS) is 8.62. The molecule has 0 saturated carbocycles. The first-order valence-corrected chi connectivity index (χ1v) is 6.10. The van der Waals surface area contributed by atoms with Crippen molar-refractivity contribution in [3.63, 3.8) is 0 Å². The molecule has 0 aliphatic carbocycles. The molecule has 0 atom stereocenters. The number of hydrogen-bond donors (Lipinski definition) is 0. The van der Waals surface area contributed by atoms with Crippen LogP contribution in [0.3, 0.4) is 0 Å². The molecule has 16 heavy (non-hydrogen) atoms. The molecule has 2 aromatic rings. The molecule has 88 valence electrons. The minimum atomic E-state index is 1.12. The summed E-state index contributed by atoms with van der Waals surface area (Å²) in [6.45, 7) is 12.2. The second-order valence-corrected chi connectivity index (χ2v) is 3.10. The van der Waals surface area contributed by atoms with Gasteiger partial charge in [0, 0.05) is 11.6 Å². The monoisotopic (exact) mass is 217 g/mol. The second kappa shape index (κ2) is 7.86. The first-order chi connectivity index (χ1) is 7.79. The third-order valence-corrected chi connectivity index (χ3v) is 2.19. The maximum absolute atomic E-state index is 4.34. The Hall–Kier alpha value is -1.37.